The first-order valence-corrected chi connectivity index (χ1v) is 9.83. The van der Waals surface area contributed by atoms with Gasteiger partial charge in [-0.25, -0.2) is 0 Å². The van der Waals surface area contributed by atoms with E-state index in [0.29, 0.717) is 30.4 Å². The van der Waals surface area contributed by atoms with Crippen molar-refractivity contribution in [3.8, 4) is 11.3 Å². The zero-order valence-electron chi connectivity index (χ0n) is 16.1. The minimum Gasteiger partial charge on any atom is -0.350 e. The minimum atomic E-state index is -0.185. The van der Waals surface area contributed by atoms with Gasteiger partial charge in [-0.2, -0.15) is 5.10 Å². The monoisotopic (exact) mass is 408 g/mol. The van der Waals surface area contributed by atoms with E-state index in [1.165, 1.54) is 0 Å². The molecule has 2 aromatic carbocycles. The van der Waals surface area contributed by atoms with Gasteiger partial charge in [0.2, 0.25) is 5.91 Å². The zero-order chi connectivity index (χ0) is 20.4. The summed E-state index contributed by atoms with van der Waals surface area (Å²) in [6.07, 6.45) is 0. The third kappa shape index (κ3) is 4.32. The van der Waals surface area contributed by atoms with E-state index in [1.807, 2.05) is 43.3 Å². The van der Waals surface area contributed by atoms with Crippen LogP contribution in [0.3, 0.4) is 0 Å². The van der Waals surface area contributed by atoms with Crippen molar-refractivity contribution in [2.75, 3.05) is 13.1 Å². The van der Waals surface area contributed by atoms with E-state index in [4.69, 9.17) is 11.6 Å². The number of benzene rings is 2. The van der Waals surface area contributed by atoms with E-state index < -0.39 is 0 Å². The van der Waals surface area contributed by atoms with Crippen LogP contribution in [0.25, 0.3) is 11.3 Å². The van der Waals surface area contributed by atoms with Gasteiger partial charge in [-0.05, 0) is 30.7 Å². The quantitative estimate of drug-likeness (QED) is 0.704. The van der Waals surface area contributed by atoms with Gasteiger partial charge >= 0.3 is 0 Å². The summed E-state index contributed by atoms with van der Waals surface area (Å²) in [6, 6.07) is 17.1. The molecule has 0 fully saturated rings. The van der Waals surface area contributed by atoms with Crippen LogP contribution in [0, 0.1) is 6.92 Å². The van der Waals surface area contributed by atoms with Crippen molar-refractivity contribution in [1.29, 1.82) is 0 Å². The van der Waals surface area contributed by atoms with Crippen molar-refractivity contribution in [1.82, 2.24) is 20.0 Å². The van der Waals surface area contributed by atoms with Crippen LogP contribution in [-0.4, -0.2) is 39.6 Å². The molecule has 3 aromatic rings. The number of aryl methyl sites for hydroxylation is 1. The average Bonchev–Trinajstić information content (AvgIpc) is 3.14. The molecule has 1 aromatic heterocycles. The lowest BCUT2D eigenvalue weighted by molar-refractivity contribution is -0.122. The van der Waals surface area contributed by atoms with Gasteiger partial charge in [-0.15, -0.1) is 0 Å². The molecule has 0 spiro atoms. The number of hydrogen-bond donors (Lipinski definition) is 1. The molecule has 6 nitrogen and oxygen atoms in total. The van der Waals surface area contributed by atoms with Crippen LogP contribution in [0.1, 0.15) is 21.6 Å². The van der Waals surface area contributed by atoms with E-state index in [0.717, 1.165) is 22.4 Å². The van der Waals surface area contributed by atoms with Crippen molar-refractivity contribution in [3.63, 3.8) is 0 Å². The molecule has 4 rings (SSSR count). The molecule has 1 aliphatic rings. The Morgan fingerprint density at radius 2 is 1.93 bits per heavy atom. The molecule has 0 saturated carbocycles. The third-order valence-corrected chi connectivity index (χ3v) is 5.17. The van der Waals surface area contributed by atoms with Crippen LogP contribution in [0.5, 0.6) is 0 Å². The summed E-state index contributed by atoms with van der Waals surface area (Å²) in [4.78, 5) is 26.7. The molecular formula is C22H21ClN4O2. The number of nitrogens with zero attached hydrogens (tertiary/aromatic N) is 3. The Morgan fingerprint density at radius 3 is 2.69 bits per heavy atom. The second kappa shape index (κ2) is 8.09. The van der Waals surface area contributed by atoms with E-state index >= 15 is 0 Å². The fourth-order valence-electron chi connectivity index (χ4n) is 3.40. The Labute approximate surface area is 174 Å². The number of carbonyl (C=O) groups is 2. The number of amides is 2. The molecule has 0 aliphatic carbocycles. The van der Waals surface area contributed by atoms with Gasteiger partial charge in [0, 0.05) is 23.7 Å². The second-order valence-corrected chi connectivity index (χ2v) is 7.57. The van der Waals surface area contributed by atoms with E-state index in [2.05, 4.69) is 10.4 Å². The molecule has 29 heavy (non-hydrogen) atoms. The van der Waals surface area contributed by atoms with Crippen molar-refractivity contribution >= 4 is 23.4 Å². The standard InChI is InChI=1S/C22H21ClN4O2/c1-15-3-2-4-16(11-15)13-24-21(28)14-26-9-10-27-20(22(26)29)12-19(25-27)17-5-7-18(23)8-6-17/h2-8,11-12H,9-10,13-14H2,1H3,(H,24,28). The van der Waals surface area contributed by atoms with Crippen LogP contribution in [0.2, 0.25) is 5.02 Å². The fourth-order valence-corrected chi connectivity index (χ4v) is 3.53. The van der Waals surface area contributed by atoms with Gasteiger partial charge in [0.1, 0.15) is 5.69 Å². The number of nitrogens with one attached hydrogen (secondary N) is 1. The van der Waals surface area contributed by atoms with Gasteiger partial charge in [-0.3, -0.25) is 14.3 Å². The number of fused-ring (bicyclic) bond motifs is 1. The van der Waals surface area contributed by atoms with Crippen LogP contribution in [0.4, 0.5) is 0 Å². The first-order valence-electron chi connectivity index (χ1n) is 9.45. The molecule has 7 heteroatoms. The maximum atomic E-state index is 12.8. The van der Waals surface area contributed by atoms with Gasteiger partial charge in [0.25, 0.3) is 5.91 Å². The van der Waals surface area contributed by atoms with Crippen molar-refractivity contribution in [2.45, 2.75) is 20.0 Å². The normalized spacial score (nSPS) is 13.3. The number of hydrogen-bond acceptors (Lipinski definition) is 3. The molecule has 1 aliphatic heterocycles. The second-order valence-electron chi connectivity index (χ2n) is 7.14. The largest absolute Gasteiger partial charge is 0.350 e. The van der Waals surface area contributed by atoms with Gasteiger partial charge in [0.15, 0.2) is 0 Å². The van der Waals surface area contributed by atoms with Crippen molar-refractivity contribution in [2.24, 2.45) is 0 Å². The minimum absolute atomic E-state index is 0.0338. The third-order valence-electron chi connectivity index (χ3n) is 4.91. The summed E-state index contributed by atoms with van der Waals surface area (Å²) in [5.74, 6) is -0.361. The molecule has 0 saturated heterocycles. The molecule has 0 unspecified atom stereocenters. The summed E-state index contributed by atoms with van der Waals surface area (Å²) in [5, 5.41) is 8.06. The van der Waals surface area contributed by atoms with Gasteiger partial charge in [-0.1, -0.05) is 53.6 Å². The van der Waals surface area contributed by atoms with Crippen molar-refractivity contribution in [3.05, 3.63) is 76.4 Å². The predicted molar refractivity (Wildman–Crippen MR) is 112 cm³/mol. The molecule has 148 valence electrons. The van der Waals surface area contributed by atoms with Crippen LogP contribution in [-0.2, 0) is 17.9 Å². The Hall–Kier alpha value is -3.12. The summed E-state index contributed by atoms with van der Waals surface area (Å²) >= 11 is 5.94. The highest BCUT2D eigenvalue weighted by Gasteiger charge is 2.28. The number of carbonyl (C=O) groups excluding carboxylic acids is 2. The average molecular weight is 409 g/mol. The SMILES string of the molecule is Cc1cccc(CNC(=O)CN2CCn3nc(-c4ccc(Cl)cc4)cc3C2=O)c1. The zero-order valence-corrected chi connectivity index (χ0v) is 16.8. The van der Waals surface area contributed by atoms with Gasteiger partial charge in [0.05, 0.1) is 18.8 Å². The number of rotatable bonds is 5. The molecule has 2 heterocycles. The highest BCUT2D eigenvalue weighted by molar-refractivity contribution is 6.30. The molecular weight excluding hydrogens is 388 g/mol. The molecule has 0 atom stereocenters. The van der Waals surface area contributed by atoms with Gasteiger partial charge < -0.3 is 10.2 Å². The predicted octanol–water partition coefficient (Wildman–Crippen LogP) is 3.28. The Morgan fingerprint density at radius 1 is 1.14 bits per heavy atom. The first kappa shape index (κ1) is 19.2. The lowest BCUT2D eigenvalue weighted by atomic mass is 10.1. The molecule has 0 bridgehead atoms. The maximum absolute atomic E-state index is 12.8. The Balaban J connectivity index is 1.40. The molecule has 2 amide bonds. The highest BCUT2D eigenvalue weighted by Crippen LogP contribution is 2.23. The number of halogens is 1. The summed E-state index contributed by atoms with van der Waals surface area (Å²) in [5.41, 5.74) is 4.29. The topological polar surface area (TPSA) is 67.2 Å². The summed E-state index contributed by atoms with van der Waals surface area (Å²) < 4.78 is 1.70. The lowest BCUT2D eigenvalue weighted by Crippen LogP contribution is -2.45. The van der Waals surface area contributed by atoms with E-state index in [9.17, 15) is 9.59 Å². The maximum Gasteiger partial charge on any atom is 0.272 e. The van der Waals surface area contributed by atoms with E-state index in [-0.39, 0.29) is 18.4 Å². The fraction of sp³-hybridized carbons (Fsp3) is 0.227. The highest BCUT2D eigenvalue weighted by atomic mass is 35.5. The molecule has 0 radical (unpaired) electrons. The van der Waals surface area contributed by atoms with Crippen LogP contribution >= 0.6 is 11.6 Å². The Bertz CT molecular complexity index is 1060. The molecule has 1 N–H and O–H groups in total. The summed E-state index contributed by atoms with van der Waals surface area (Å²) in [6.45, 7) is 3.50. The summed E-state index contributed by atoms with van der Waals surface area (Å²) in [7, 11) is 0. The number of aromatic nitrogens is 2. The Kier molecular flexibility index (Phi) is 5.36. The lowest BCUT2D eigenvalue weighted by Gasteiger charge is -2.26. The first-order chi connectivity index (χ1) is 14.0. The smallest absolute Gasteiger partial charge is 0.272 e. The van der Waals surface area contributed by atoms with Crippen LogP contribution in [0.15, 0.2) is 54.6 Å². The van der Waals surface area contributed by atoms with Crippen LogP contribution < -0.4 is 5.32 Å². The van der Waals surface area contributed by atoms with Crippen molar-refractivity contribution < 1.29 is 9.59 Å². The van der Waals surface area contributed by atoms with E-state index in [1.54, 1.807) is 27.8 Å².